The highest BCUT2D eigenvalue weighted by Crippen LogP contribution is 2.23. The smallest absolute Gasteiger partial charge is 0.229 e. The number of nitrogens with zero attached hydrogens (tertiary/aromatic N) is 1. The number of hydrogen-bond donors (Lipinski definition) is 0. The standard InChI is InChI=1S/C11H20ClNO2/c1-11(2,8-12)10(14)13-6-4-9(15-3)5-7-13/h9H,4-8H2,1-3H3. The number of likely N-dealkylation sites (tertiary alicyclic amines) is 1. The fraction of sp³-hybridized carbons (Fsp3) is 0.909. The van der Waals surface area contributed by atoms with Gasteiger partial charge in [0.05, 0.1) is 11.5 Å². The minimum absolute atomic E-state index is 0.159. The second-order valence-electron chi connectivity index (χ2n) is 4.74. The molecule has 0 aromatic heterocycles. The van der Waals surface area contributed by atoms with Crippen LogP contribution in [0.15, 0.2) is 0 Å². The number of carbonyl (C=O) groups is 1. The Morgan fingerprint density at radius 2 is 2.00 bits per heavy atom. The Kier molecular flexibility index (Phi) is 4.41. The molecule has 0 aromatic carbocycles. The predicted molar refractivity (Wildman–Crippen MR) is 61.1 cm³/mol. The number of ether oxygens (including phenoxy) is 1. The summed E-state index contributed by atoms with van der Waals surface area (Å²) in [7, 11) is 1.73. The van der Waals surface area contributed by atoms with Gasteiger partial charge in [0.2, 0.25) is 5.91 Å². The fourth-order valence-electron chi connectivity index (χ4n) is 1.78. The molecule has 0 unspecified atom stereocenters. The average molecular weight is 234 g/mol. The molecule has 0 N–H and O–H groups in total. The summed E-state index contributed by atoms with van der Waals surface area (Å²) < 4.78 is 5.27. The highest BCUT2D eigenvalue weighted by atomic mass is 35.5. The third kappa shape index (κ3) is 3.08. The zero-order valence-corrected chi connectivity index (χ0v) is 10.5. The molecule has 15 heavy (non-hydrogen) atoms. The Balaban J connectivity index is 2.50. The maximum atomic E-state index is 12.0. The van der Waals surface area contributed by atoms with E-state index in [9.17, 15) is 4.79 Å². The number of carbonyl (C=O) groups excluding carboxylic acids is 1. The van der Waals surface area contributed by atoms with Gasteiger partial charge in [0.15, 0.2) is 0 Å². The van der Waals surface area contributed by atoms with Gasteiger partial charge in [-0.3, -0.25) is 4.79 Å². The van der Waals surface area contributed by atoms with Gasteiger partial charge < -0.3 is 9.64 Å². The third-order valence-electron chi connectivity index (χ3n) is 2.98. The summed E-state index contributed by atoms with van der Waals surface area (Å²) in [6.07, 6.45) is 2.18. The van der Waals surface area contributed by atoms with Crippen LogP contribution in [0, 0.1) is 5.41 Å². The molecule has 1 fully saturated rings. The third-order valence-corrected chi connectivity index (χ3v) is 3.64. The van der Waals surface area contributed by atoms with Crippen LogP contribution in [0.4, 0.5) is 0 Å². The van der Waals surface area contributed by atoms with E-state index in [0.29, 0.717) is 12.0 Å². The lowest BCUT2D eigenvalue weighted by Gasteiger charge is -2.35. The van der Waals surface area contributed by atoms with Crippen LogP contribution in [0.2, 0.25) is 0 Å². The molecule has 0 saturated carbocycles. The molecule has 0 aromatic rings. The number of hydrogen-bond acceptors (Lipinski definition) is 2. The van der Waals surface area contributed by atoms with Crippen molar-refractivity contribution in [1.82, 2.24) is 4.90 Å². The van der Waals surface area contributed by atoms with Crippen LogP contribution in [-0.2, 0) is 9.53 Å². The van der Waals surface area contributed by atoms with Crippen LogP contribution in [0.25, 0.3) is 0 Å². The lowest BCUT2D eigenvalue weighted by Crippen LogP contribution is -2.47. The molecule has 0 atom stereocenters. The molecule has 1 rings (SSSR count). The van der Waals surface area contributed by atoms with Crippen molar-refractivity contribution in [3.8, 4) is 0 Å². The Morgan fingerprint density at radius 3 is 2.40 bits per heavy atom. The molecular weight excluding hydrogens is 214 g/mol. The molecule has 1 amide bonds. The molecule has 0 spiro atoms. The number of halogens is 1. The molecule has 0 bridgehead atoms. The lowest BCUT2D eigenvalue weighted by atomic mass is 9.93. The number of methoxy groups -OCH3 is 1. The first-order valence-corrected chi connectivity index (χ1v) is 5.93. The monoisotopic (exact) mass is 233 g/mol. The van der Waals surface area contributed by atoms with Gasteiger partial charge in [-0.1, -0.05) is 0 Å². The Labute approximate surface area is 96.7 Å². The summed E-state index contributed by atoms with van der Waals surface area (Å²) in [4.78, 5) is 13.9. The number of alkyl halides is 1. The SMILES string of the molecule is COC1CCN(C(=O)C(C)(C)CCl)CC1. The molecule has 88 valence electrons. The van der Waals surface area contributed by atoms with Gasteiger partial charge in [-0.15, -0.1) is 11.6 Å². The van der Waals surface area contributed by atoms with Crippen LogP contribution in [0.5, 0.6) is 0 Å². The second-order valence-corrected chi connectivity index (χ2v) is 5.01. The van der Waals surface area contributed by atoms with Crippen molar-refractivity contribution in [2.24, 2.45) is 5.41 Å². The molecule has 1 heterocycles. The van der Waals surface area contributed by atoms with Crippen LogP contribution < -0.4 is 0 Å². The van der Waals surface area contributed by atoms with E-state index in [1.165, 1.54) is 0 Å². The summed E-state index contributed by atoms with van der Waals surface area (Å²) in [6.45, 7) is 5.37. The van der Waals surface area contributed by atoms with Gasteiger partial charge in [-0.2, -0.15) is 0 Å². The van der Waals surface area contributed by atoms with Crippen molar-refractivity contribution >= 4 is 17.5 Å². The highest BCUT2D eigenvalue weighted by molar-refractivity contribution is 6.19. The van der Waals surface area contributed by atoms with Crippen molar-refractivity contribution < 1.29 is 9.53 Å². The summed E-state index contributed by atoms with van der Waals surface area (Å²) in [5.74, 6) is 0.530. The maximum absolute atomic E-state index is 12.0. The minimum atomic E-state index is -0.443. The normalized spacial score (nSPS) is 19.3. The van der Waals surface area contributed by atoms with Crippen LogP contribution in [0.1, 0.15) is 26.7 Å². The van der Waals surface area contributed by atoms with E-state index in [1.807, 2.05) is 18.7 Å². The first-order chi connectivity index (χ1) is 7.01. The summed E-state index contributed by atoms with van der Waals surface area (Å²) in [6, 6.07) is 0. The zero-order valence-electron chi connectivity index (χ0n) is 9.75. The first kappa shape index (κ1) is 12.8. The van der Waals surface area contributed by atoms with Gasteiger partial charge in [-0.25, -0.2) is 0 Å². The molecule has 1 aliphatic heterocycles. The van der Waals surface area contributed by atoms with Gasteiger partial charge in [0, 0.05) is 26.1 Å². The maximum Gasteiger partial charge on any atom is 0.229 e. The van der Waals surface area contributed by atoms with Gasteiger partial charge in [0.1, 0.15) is 0 Å². The van der Waals surface area contributed by atoms with E-state index in [0.717, 1.165) is 25.9 Å². The van der Waals surface area contributed by atoms with E-state index in [4.69, 9.17) is 16.3 Å². The van der Waals surface area contributed by atoms with Crippen molar-refractivity contribution in [3.05, 3.63) is 0 Å². The number of rotatable bonds is 3. The number of piperidine rings is 1. The topological polar surface area (TPSA) is 29.5 Å². The van der Waals surface area contributed by atoms with Crippen LogP contribution >= 0.6 is 11.6 Å². The molecule has 3 nitrogen and oxygen atoms in total. The minimum Gasteiger partial charge on any atom is -0.381 e. The van der Waals surface area contributed by atoms with Crippen molar-refractivity contribution in [1.29, 1.82) is 0 Å². The van der Waals surface area contributed by atoms with Crippen LogP contribution in [0.3, 0.4) is 0 Å². The van der Waals surface area contributed by atoms with E-state index >= 15 is 0 Å². The second kappa shape index (κ2) is 5.17. The van der Waals surface area contributed by atoms with Crippen molar-refractivity contribution in [2.75, 3.05) is 26.1 Å². The Morgan fingerprint density at radius 1 is 1.47 bits per heavy atom. The Bertz CT molecular complexity index is 223. The molecule has 0 radical (unpaired) electrons. The summed E-state index contributed by atoms with van der Waals surface area (Å²) in [5.41, 5.74) is -0.443. The van der Waals surface area contributed by atoms with E-state index in [-0.39, 0.29) is 5.91 Å². The van der Waals surface area contributed by atoms with E-state index < -0.39 is 5.41 Å². The van der Waals surface area contributed by atoms with Crippen LogP contribution in [-0.4, -0.2) is 43.0 Å². The molecule has 1 saturated heterocycles. The molecular formula is C11H20ClNO2. The lowest BCUT2D eigenvalue weighted by molar-refractivity contribution is -0.141. The first-order valence-electron chi connectivity index (χ1n) is 5.39. The van der Waals surface area contributed by atoms with Gasteiger partial charge in [0.25, 0.3) is 0 Å². The van der Waals surface area contributed by atoms with Gasteiger partial charge in [-0.05, 0) is 26.7 Å². The molecule has 4 heteroatoms. The highest BCUT2D eigenvalue weighted by Gasteiger charge is 2.33. The van der Waals surface area contributed by atoms with E-state index in [2.05, 4.69) is 0 Å². The molecule has 1 aliphatic rings. The average Bonchev–Trinajstić information content (AvgIpc) is 2.28. The van der Waals surface area contributed by atoms with Crippen molar-refractivity contribution in [3.63, 3.8) is 0 Å². The largest absolute Gasteiger partial charge is 0.381 e. The Hall–Kier alpha value is -0.280. The predicted octanol–water partition coefficient (Wildman–Crippen LogP) is 1.89. The number of amides is 1. The van der Waals surface area contributed by atoms with Gasteiger partial charge >= 0.3 is 0 Å². The fourth-order valence-corrected chi connectivity index (χ4v) is 1.89. The summed E-state index contributed by atoms with van der Waals surface area (Å²) in [5, 5.41) is 0. The molecule has 0 aliphatic carbocycles. The quantitative estimate of drug-likeness (QED) is 0.697. The van der Waals surface area contributed by atoms with E-state index in [1.54, 1.807) is 7.11 Å². The summed E-state index contributed by atoms with van der Waals surface area (Å²) >= 11 is 5.79. The van der Waals surface area contributed by atoms with Crippen molar-refractivity contribution in [2.45, 2.75) is 32.8 Å². The zero-order chi connectivity index (χ0) is 11.5.